The lowest BCUT2D eigenvalue weighted by molar-refractivity contribution is 0.338. The lowest BCUT2D eigenvalue weighted by Gasteiger charge is -2.41. The summed E-state index contributed by atoms with van der Waals surface area (Å²) >= 11 is 0. The minimum absolute atomic E-state index is 0.230. The maximum Gasteiger partial charge on any atom is 0.155 e. The highest BCUT2D eigenvalue weighted by molar-refractivity contribution is 6.24. The molecule has 286 valence electrons. The van der Waals surface area contributed by atoms with Gasteiger partial charge in [0, 0.05) is 34.9 Å². The number of hydrogen-bond donors (Lipinski definition) is 0. The summed E-state index contributed by atoms with van der Waals surface area (Å²) in [5.41, 5.74) is 7.41. The van der Waals surface area contributed by atoms with Gasteiger partial charge in [-0.15, -0.1) is 0 Å². The maximum atomic E-state index is 5.24. The normalized spacial score (nSPS) is 18.0. The van der Waals surface area contributed by atoms with E-state index in [0.29, 0.717) is 0 Å². The average Bonchev–Trinajstić information content (AvgIpc) is 3.54. The zero-order chi connectivity index (χ0) is 40.2. The van der Waals surface area contributed by atoms with Gasteiger partial charge in [0.2, 0.25) is 0 Å². The van der Waals surface area contributed by atoms with Gasteiger partial charge in [-0.3, -0.25) is 20.0 Å². The number of pyridine rings is 2. The van der Waals surface area contributed by atoms with Crippen LogP contribution in [0, 0.1) is 0 Å². The third-order valence-corrected chi connectivity index (χ3v) is 13.5. The zero-order valence-corrected chi connectivity index (χ0v) is 34.5. The number of benzene rings is 6. The quantitative estimate of drug-likeness (QED) is 0.159. The van der Waals surface area contributed by atoms with E-state index >= 15 is 0 Å². The summed E-state index contributed by atoms with van der Waals surface area (Å²) in [6.45, 7) is 17.9. The molecule has 0 spiro atoms. The molecule has 10 rings (SSSR count). The molecule has 0 fully saturated rings. The largest absolute Gasteiger partial charge is 0.317 e. The first-order valence-corrected chi connectivity index (χ1v) is 20.3. The van der Waals surface area contributed by atoms with Crippen LogP contribution >= 0.6 is 0 Å². The molecule has 8 aromatic rings. The van der Waals surface area contributed by atoms with Crippen LogP contribution in [0.1, 0.15) is 66.8 Å². The van der Waals surface area contributed by atoms with Crippen molar-refractivity contribution in [3.63, 3.8) is 0 Å². The molecule has 0 atom stereocenters. The van der Waals surface area contributed by atoms with E-state index in [-0.39, 0.29) is 22.2 Å². The molecule has 0 radical (unpaired) electrons. The second kappa shape index (κ2) is 12.5. The molecular formula is C52H48N6. The number of hydrogen-bond acceptors (Lipinski definition) is 6. The van der Waals surface area contributed by atoms with Crippen LogP contribution in [0.3, 0.4) is 0 Å². The van der Waals surface area contributed by atoms with E-state index in [1.807, 2.05) is 12.4 Å². The van der Waals surface area contributed by atoms with Gasteiger partial charge in [0.25, 0.3) is 0 Å². The molecule has 6 aromatic carbocycles. The summed E-state index contributed by atoms with van der Waals surface area (Å²) in [6.07, 6.45) is 4.00. The van der Waals surface area contributed by atoms with E-state index in [9.17, 15) is 0 Å². The average molecular weight is 757 g/mol. The van der Waals surface area contributed by atoms with E-state index in [1.165, 1.54) is 32.3 Å². The van der Waals surface area contributed by atoms with Crippen LogP contribution in [0.5, 0.6) is 0 Å². The van der Waals surface area contributed by atoms with E-state index in [2.05, 4.69) is 199 Å². The fourth-order valence-corrected chi connectivity index (χ4v) is 8.93. The predicted octanol–water partition coefficient (Wildman–Crippen LogP) is 12.4. The van der Waals surface area contributed by atoms with Gasteiger partial charge in [0.1, 0.15) is 11.4 Å². The molecule has 4 heterocycles. The van der Waals surface area contributed by atoms with Crippen molar-refractivity contribution in [2.24, 2.45) is 9.98 Å². The predicted molar refractivity (Wildman–Crippen MR) is 244 cm³/mol. The van der Waals surface area contributed by atoms with Crippen LogP contribution in [0.15, 0.2) is 156 Å². The van der Waals surface area contributed by atoms with Crippen LogP contribution in [-0.2, 0) is 0 Å². The topological polar surface area (TPSA) is 57.0 Å². The highest BCUT2D eigenvalue weighted by Gasteiger charge is 2.51. The van der Waals surface area contributed by atoms with Crippen molar-refractivity contribution in [2.45, 2.75) is 77.5 Å². The van der Waals surface area contributed by atoms with Gasteiger partial charge >= 0.3 is 0 Å². The van der Waals surface area contributed by atoms with Crippen molar-refractivity contribution < 1.29 is 0 Å². The lowest BCUT2D eigenvalue weighted by Crippen LogP contribution is -2.53. The standard InChI is InChI=1S/C52H48N6/c1-49(2)51(5,6)57(41-15-11-9-12-16-41)47(55-49)43-25-23-37(31-53-43)39-27-33-19-21-35-29-40(30-36-22-20-34(28-39)45(33)46(35)36)38-24-26-44(54-32-38)48-56-50(3,4)52(7,8)58(48)42-17-13-10-14-18-42/h9-32H,1-8H3. The number of nitrogens with zero attached hydrogens (tertiary/aromatic N) is 6. The number of rotatable bonds is 6. The zero-order valence-electron chi connectivity index (χ0n) is 34.5. The van der Waals surface area contributed by atoms with Gasteiger partial charge in [-0.2, -0.15) is 0 Å². The van der Waals surface area contributed by atoms with Crippen LogP contribution in [-0.4, -0.2) is 43.8 Å². The molecule has 58 heavy (non-hydrogen) atoms. The number of para-hydroxylation sites is 2. The summed E-state index contributed by atoms with van der Waals surface area (Å²) in [5, 5.41) is 7.46. The first-order chi connectivity index (χ1) is 27.7. The van der Waals surface area contributed by atoms with Gasteiger partial charge in [-0.25, -0.2) is 0 Å². The third kappa shape index (κ3) is 5.38. The molecule has 0 amide bonds. The molecule has 0 aliphatic carbocycles. The van der Waals surface area contributed by atoms with E-state index in [0.717, 1.165) is 56.7 Å². The number of amidine groups is 2. The number of anilines is 2. The Morgan fingerprint density at radius 3 is 1.03 bits per heavy atom. The Balaban J connectivity index is 0.966. The van der Waals surface area contributed by atoms with Crippen molar-refractivity contribution in [1.29, 1.82) is 0 Å². The summed E-state index contributed by atoms with van der Waals surface area (Å²) in [6, 6.07) is 47.9. The summed E-state index contributed by atoms with van der Waals surface area (Å²) in [5.74, 6) is 1.81. The Morgan fingerprint density at radius 1 is 0.379 bits per heavy atom. The van der Waals surface area contributed by atoms with E-state index in [1.54, 1.807) is 0 Å². The summed E-state index contributed by atoms with van der Waals surface area (Å²) < 4.78 is 0. The number of aromatic nitrogens is 2. The molecule has 0 saturated heterocycles. The molecule has 6 nitrogen and oxygen atoms in total. The number of aliphatic imine (C=N–C) groups is 2. The Bertz CT molecular complexity index is 2650. The molecule has 2 aliphatic heterocycles. The Morgan fingerprint density at radius 2 is 0.724 bits per heavy atom. The Kier molecular flexibility index (Phi) is 7.78. The molecule has 6 heteroatoms. The van der Waals surface area contributed by atoms with Crippen molar-refractivity contribution >= 4 is 55.4 Å². The SMILES string of the molecule is CC1(C)N=C(c2ccc(-c3cc4ccc5cc(-c6ccc(C7=NC(C)(C)C(C)(C)N7c7ccccc7)nc6)cc6ccc(c3)c4c56)cn2)N(c2ccccc2)C1(C)C. The van der Waals surface area contributed by atoms with Gasteiger partial charge < -0.3 is 9.80 Å². The highest BCUT2D eigenvalue weighted by atomic mass is 15.4. The molecule has 2 aromatic heterocycles. The summed E-state index contributed by atoms with van der Waals surface area (Å²) in [4.78, 5) is 25.2. The van der Waals surface area contributed by atoms with Crippen LogP contribution in [0.2, 0.25) is 0 Å². The molecule has 0 saturated carbocycles. The van der Waals surface area contributed by atoms with Gasteiger partial charge in [-0.1, -0.05) is 72.8 Å². The first kappa shape index (κ1) is 36.0. The molecule has 0 N–H and O–H groups in total. The summed E-state index contributed by atoms with van der Waals surface area (Å²) in [7, 11) is 0. The third-order valence-electron chi connectivity index (χ3n) is 13.5. The lowest BCUT2D eigenvalue weighted by atomic mass is 9.83. The smallest absolute Gasteiger partial charge is 0.155 e. The van der Waals surface area contributed by atoms with Crippen LogP contribution < -0.4 is 9.80 Å². The van der Waals surface area contributed by atoms with Gasteiger partial charge in [0.15, 0.2) is 11.7 Å². The minimum atomic E-state index is -0.291. The van der Waals surface area contributed by atoms with Crippen molar-refractivity contribution in [1.82, 2.24) is 9.97 Å². The fourth-order valence-electron chi connectivity index (χ4n) is 8.93. The molecule has 0 bridgehead atoms. The van der Waals surface area contributed by atoms with E-state index in [4.69, 9.17) is 20.0 Å². The Labute approximate surface area is 341 Å². The maximum absolute atomic E-state index is 5.24. The van der Waals surface area contributed by atoms with Crippen LogP contribution in [0.25, 0.3) is 54.6 Å². The van der Waals surface area contributed by atoms with Gasteiger partial charge in [0.05, 0.1) is 22.2 Å². The fraction of sp³-hybridized carbons (Fsp3) is 0.231. The van der Waals surface area contributed by atoms with Crippen LogP contribution in [0.4, 0.5) is 11.4 Å². The van der Waals surface area contributed by atoms with Crippen molar-refractivity contribution in [3.8, 4) is 22.3 Å². The monoisotopic (exact) mass is 756 g/mol. The van der Waals surface area contributed by atoms with Crippen molar-refractivity contribution in [2.75, 3.05) is 9.80 Å². The van der Waals surface area contributed by atoms with Crippen molar-refractivity contribution in [3.05, 3.63) is 157 Å². The van der Waals surface area contributed by atoms with E-state index < -0.39 is 0 Å². The minimum Gasteiger partial charge on any atom is -0.317 e. The Hall–Kier alpha value is -6.40. The van der Waals surface area contributed by atoms with Gasteiger partial charge in [-0.05, 0) is 159 Å². The molecule has 2 aliphatic rings. The first-order valence-electron chi connectivity index (χ1n) is 20.3. The second-order valence-corrected chi connectivity index (χ2v) is 18.0. The molecular weight excluding hydrogens is 709 g/mol. The molecule has 0 unspecified atom stereocenters. The highest BCUT2D eigenvalue weighted by Crippen LogP contribution is 2.44. The second-order valence-electron chi connectivity index (χ2n) is 18.0.